The van der Waals surface area contributed by atoms with Crippen LogP contribution in [0, 0.1) is 0 Å². The molecule has 3 aromatic heterocycles. The molecule has 6 heteroatoms. The predicted molar refractivity (Wildman–Crippen MR) is 89.8 cm³/mol. The molecule has 0 atom stereocenters. The van der Waals surface area contributed by atoms with E-state index in [0.717, 1.165) is 23.1 Å². The van der Waals surface area contributed by atoms with Gasteiger partial charge in [0.1, 0.15) is 0 Å². The number of hydrogen-bond donors (Lipinski definition) is 1. The summed E-state index contributed by atoms with van der Waals surface area (Å²) in [5, 5.41) is 16.8. The van der Waals surface area contributed by atoms with Gasteiger partial charge in [-0.25, -0.2) is 9.78 Å². The maximum atomic E-state index is 12.2. The van der Waals surface area contributed by atoms with Gasteiger partial charge < -0.3 is 9.84 Å². The van der Waals surface area contributed by atoms with Gasteiger partial charge in [-0.05, 0) is 29.3 Å². The molecule has 0 bridgehead atoms. The minimum atomic E-state index is -0.574. The van der Waals surface area contributed by atoms with Crippen LogP contribution in [0.2, 0.25) is 0 Å². The van der Waals surface area contributed by atoms with Crippen LogP contribution in [0.25, 0.3) is 21.3 Å². The van der Waals surface area contributed by atoms with Gasteiger partial charge in [0.25, 0.3) is 0 Å². The molecule has 0 unspecified atom stereocenters. The lowest BCUT2D eigenvalue weighted by Crippen LogP contribution is -2.09. The predicted octanol–water partition coefficient (Wildman–Crippen LogP) is 4.69. The van der Waals surface area contributed by atoms with E-state index in [2.05, 4.69) is 4.98 Å². The van der Waals surface area contributed by atoms with Crippen molar-refractivity contribution in [3.8, 4) is 17.0 Å². The Kier molecular flexibility index (Phi) is 4.40. The molecule has 3 rings (SSSR count). The van der Waals surface area contributed by atoms with E-state index in [0.29, 0.717) is 17.7 Å². The highest BCUT2D eigenvalue weighted by atomic mass is 32.1. The Morgan fingerprint density at radius 1 is 1.36 bits per heavy atom. The van der Waals surface area contributed by atoms with Crippen LogP contribution in [-0.2, 0) is 4.74 Å². The molecule has 0 spiro atoms. The van der Waals surface area contributed by atoms with Crippen LogP contribution in [0.5, 0.6) is 5.75 Å². The lowest BCUT2D eigenvalue weighted by molar-refractivity contribution is 0.0490. The summed E-state index contributed by atoms with van der Waals surface area (Å²) >= 11 is 3.07. The minimum Gasteiger partial charge on any atom is -0.505 e. The molecule has 0 radical (unpaired) electrons. The van der Waals surface area contributed by atoms with Gasteiger partial charge in [0, 0.05) is 16.3 Å². The van der Waals surface area contributed by atoms with Crippen molar-refractivity contribution < 1.29 is 14.6 Å². The van der Waals surface area contributed by atoms with E-state index in [-0.39, 0.29) is 11.4 Å². The largest absolute Gasteiger partial charge is 0.505 e. The molecule has 22 heavy (non-hydrogen) atoms. The summed E-state index contributed by atoms with van der Waals surface area (Å²) in [6.07, 6.45) is 1.74. The molecule has 3 heterocycles. The number of pyridine rings is 1. The Bertz CT molecular complexity index is 793. The lowest BCUT2D eigenvalue weighted by atomic mass is 10.1. The van der Waals surface area contributed by atoms with E-state index < -0.39 is 5.97 Å². The van der Waals surface area contributed by atoms with Gasteiger partial charge in [-0.3, -0.25) is 0 Å². The first-order chi connectivity index (χ1) is 10.7. The van der Waals surface area contributed by atoms with E-state index in [1.54, 1.807) is 17.4 Å². The van der Waals surface area contributed by atoms with Gasteiger partial charge >= 0.3 is 5.97 Å². The molecule has 0 amide bonds. The quantitative estimate of drug-likeness (QED) is 0.544. The summed E-state index contributed by atoms with van der Waals surface area (Å²) in [4.78, 5) is 16.6. The molecular weight excluding hydrogens is 318 g/mol. The Hall–Kier alpha value is -1.92. The van der Waals surface area contributed by atoms with Crippen LogP contribution in [0.4, 0.5) is 0 Å². The fourth-order valence-electron chi connectivity index (χ4n) is 2.14. The Morgan fingerprint density at radius 3 is 2.95 bits per heavy atom. The third kappa shape index (κ3) is 2.71. The second-order valence-electron chi connectivity index (χ2n) is 4.82. The smallest absolute Gasteiger partial charge is 0.360 e. The zero-order chi connectivity index (χ0) is 15.5. The van der Waals surface area contributed by atoms with E-state index >= 15 is 0 Å². The number of rotatable bonds is 5. The average Bonchev–Trinajstić information content (AvgIpc) is 3.19. The Balaban J connectivity index is 2.07. The van der Waals surface area contributed by atoms with Crippen molar-refractivity contribution in [3.05, 3.63) is 34.0 Å². The monoisotopic (exact) mass is 333 g/mol. The Labute approximate surface area is 136 Å². The molecule has 114 valence electrons. The van der Waals surface area contributed by atoms with Gasteiger partial charge in [0.2, 0.25) is 0 Å². The zero-order valence-corrected chi connectivity index (χ0v) is 13.7. The van der Waals surface area contributed by atoms with Crippen molar-refractivity contribution in [1.29, 1.82) is 0 Å². The zero-order valence-electron chi connectivity index (χ0n) is 12.0. The van der Waals surface area contributed by atoms with Gasteiger partial charge in [-0.15, -0.1) is 11.3 Å². The summed E-state index contributed by atoms with van der Waals surface area (Å²) in [5.41, 5.74) is 1.65. The minimum absolute atomic E-state index is 0.0109. The number of carbonyl (C=O) groups is 1. The van der Waals surface area contributed by atoms with Crippen molar-refractivity contribution in [2.24, 2.45) is 0 Å². The first-order valence-electron chi connectivity index (χ1n) is 7.02. The van der Waals surface area contributed by atoms with Crippen molar-refractivity contribution in [3.63, 3.8) is 0 Å². The molecular formula is C16H15NO3S2. The van der Waals surface area contributed by atoms with Crippen molar-refractivity contribution >= 4 is 38.7 Å². The highest BCUT2D eigenvalue weighted by Crippen LogP contribution is 2.38. The van der Waals surface area contributed by atoms with Gasteiger partial charge in [0.05, 0.1) is 17.0 Å². The summed E-state index contributed by atoms with van der Waals surface area (Å²) < 4.78 is 6.07. The first kappa shape index (κ1) is 15.0. The number of hydrogen-bond acceptors (Lipinski definition) is 6. The molecule has 0 saturated heterocycles. The molecule has 0 fully saturated rings. The van der Waals surface area contributed by atoms with Crippen molar-refractivity contribution in [1.82, 2.24) is 4.98 Å². The number of aromatic hydroxyl groups is 1. The number of esters is 1. The van der Waals surface area contributed by atoms with E-state index in [1.807, 2.05) is 29.1 Å². The molecule has 0 aliphatic rings. The van der Waals surface area contributed by atoms with Gasteiger partial charge in [-0.2, -0.15) is 11.3 Å². The van der Waals surface area contributed by atoms with Gasteiger partial charge in [0.15, 0.2) is 11.4 Å². The number of unbranched alkanes of at least 4 members (excludes halogenated alkanes) is 1. The highest BCUT2D eigenvalue weighted by Gasteiger charge is 2.21. The fourth-order valence-corrected chi connectivity index (χ4v) is 3.68. The normalized spacial score (nSPS) is 11.0. The van der Waals surface area contributed by atoms with Crippen molar-refractivity contribution in [2.45, 2.75) is 19.8 Å². The van der Waals surface area contributed by atoms with Crippen LogP contribution in [-0.4, -0.2) is 22.7 Å². The molecule has 1 N–H and O–H groups in total. The second kappa shape index (κ2) is 6.46. The number of carbonyl (C=O) groups excluding carboxylic acids is 1. The Morgan fingerprint density at radius 2 is 2.23 bits per heavy atom. The molecule has 0 aromatic carbocycles. The summed E-state index contributed by atoms with van der Waals surface area (Å²) in [6, 6.07) is 3.76. The van der Waals surface area contributed by atoms with Crippen LogP contribution >= 0.6 is 22.7 Å². The first-order valence-corrected chi connectivity index (χ1v) is 8.84. The van der Waals surface area contributed by atoms with Crippen LogP contribution < -0.4 is 0 Å². The van der Waals surface area contributed by atoms with Crippen LogP contribution in [0.15, 0.2) is 28.3 Å². The summed E-state index contributed by atoms with van der Waals surface area (Å²) in [7, 11) is 0. The number of nitrogens with zero attached hydrogens (tertiary/aromatic N) is 1. The maximum Gasteiger partial charge on any atom is 0.360 e. The average molecular weight is 333 g/mol. The van der Waals surface area contributed by atoms with Crippen molar-refractivity contribution in [2.75, 3.05) is 6.61 Å². The number of thiophene rings is 2. The summed E-state index contributed by atoms with van der Waals surface area (Å²) in [5.74, 6) is -0.674. The molecule has 0 saturated carbocycles. The second-order valence-corrected chi connectivity index (χ2v) is 6.52. The highest BCUT2D eigenvalue weighted by molar-refractivity contribution is 7.17. The molecule has 0 aliphatic carbocycles. The molecule has 0 aliphatic heterocycles. The molecule has 3 aromatic rings. The molecule has 4 nitrogen and oxygen atoms in total. The van der Waals surface area contributed by atoms with E-state index in [4.69, 9.17) is 4.74 Å². The third-order valence-corrected chi connectivity index (χ3v) is 4.91. The maximum absolute atomic E-state index is 12.2. The number of aromatic nitrogens is 1. The number of fused-ring (bicyclic) bond motifs is 1. The SMILES string of the molecule is CCCCOC(=O)c1nc(-c2ccsc2)c2sccc2c1O. The third-order valence-electron chi connectivity index (χ3n) is 3.30. The number of ether oxygens (including phenoxy) is 1. The van der Waals surface area contributed by atoms with E-state index in [9.17, 15) is 9.90 Å². The lowest BCUT2D eigenvalue weighted by Gasteiger charge is -2.09. The summed E-state index contributed by atoms with van der Waals surface area (Å²) in [6.45, 7) is 2.36. The standard InChI is InChI=1S/C16H15NO3S2/c1-2-3-6-20-16(19)13-14(18)11-5-8-22-15(11)12(17-13)10-4-7-21-9-10/h4-5,7-9,18H,2-3,6H2,1H3. The van der Waals surface area contributed by atoms with Crippen LogP contribution in [0.3, 0.4) is 0 Å². The topological polar surface area (TPSA) is 59.4 Å². The fraction of sp³-hybridized carbons (Fsp3) is 0.250. The van der Waals surface area contributed by atoms with E-state index in [1.165, 1.54) is 11.3 Å². The van der Waals surface area contributed by atoms with Gasteiger partial charge in [-0.1, -0.05) is 13.3 Å². The van der Waals surface area contributed by atoms with Crippen LogP contribution in [0.1, 0.15) is 30.3 Å².